The van der Waals surface area contributed by atoms with E-state index in [2.05, 4.69) is 4.98 Å². The number of benzene rings is 1. The molecule has 0 aliphatic heterocycles. The van der Waals surface area contributed by atoms with Gasteiger partial charge in [0, 0.05) is 17.4 Å². The first kappa shape index (κ1) is 11.0. The highest BCUT2D eigenvalue weighted by atomic mass is 16.2. The van der Waals surface area contributed by atoms with Crippen molar-refractivity contribution in [3.63, 3.8) is 0 Å². The molecule has 84 valence electrons. The van der Waals surface area contributed by atoms with E-state index in [1.165, 1.54) is 12.3 Å². The third-order valence-corrected chi connectivity index (χ3v) is 2.26. The standard InChI is InChI=1S/C13H10N2O2/c14-10-6-7-15-11(8-10)13(17)12(16)9-4-2-1-3-5-9/h1-8H,(H2,14,15). The minimum Gasteiger partial charge on any atom is -0.399 e. The van der Waals surface area contributed by atoms with Crippen LogP contribution in [0.4, 0.5) is 5.69 Å². The van der Waals surface area contributed by atoms with Crippen LogP contribution in [0.25, 0.3) is 0 Å². The van der Waals surface area contributed by atoms with Crippen LogP contribution in [0.1, 0.15) is 20.8 Å². The van der Waals surface area contributed by atoms with Crippen LogP contribution >= 0.6 is 0 Å². The number of nitrogen functional groups attached to an aromatic ring is 1. The summed E-state index contributed by atoms with van der Waals surface area (Å²) in [5, 5.41) is 0. The van der Waals surface area contributed by atoms with Gasteiger partial charge in [0.1, 0.15) is 5.69 Å². The van der Waals surface area contributed by atoms with Gasteiger partial charge in [0.2, 0.25) is 5.78 Å². The Morgan fingerprint density at radius 1 is 1.00 bits per heavy atom. The summed E-state index contributed by atoms with van der Waals surface area (Å²) in [4.78, 5) is 27.5. The maximum Gasteiger partial charge on any atom is 0.251 e. The Hall–Kier alpha value is -2.49. The zero-order chi connectivity index (χ0) is 12.3. The van der Waals surface area contributed by atoms with Crippen molar-refractivity contribution in [1.82, 2.24) is 4.98 Å². The van der Waals surface area contributed by atoms with E-state index in [-0.39, 0.29) is 5.69 Å². The molecule has 0 radical (unpaired) electrons. The fourth-order valence-electron chi connectivity index (χ4n) is 1.41. The average Bonchev–Trinajstić information content (AvgIpc) is 2.38. The first-order valence-corrected chi connectivity index (χ1v) is 5.04. The zero-order valence-electron chi connectivity index (χ0n) is 8.96. The normalized spacial score (nSPS) is 9.88. The summed E-state index contributed by atoms with van der Waals surface area (Å²) in [6, 6.07) is 11.3. The first-order chi connectivity index (χ1) is 8.18. The minimum absolute atomic E-state index is 0.0684. The summed E-state index contributed by atoms with van der Waals surface area (Å²) < 4.78 is 0. The topological polar surface area (TPSA) is 73.0 Å². The number of carbonyl (C=O) groups is 2. The van der Waals surface area contributed by atoms with Crippen molar-refractivity contribution in [3.8, 4) is 0 Å². The van der Waals surface area contributed by atoms with Crippen LogP contribution in [0.5, 0.6) is 0 Å². The van der Waals surface area contributed by atoms with Gasteiger partial charge in [0.05, 0.1) is 0 Å². The largest absolute Gasteiger partial charge is 0.399 e. The lowest BCUT2D eigenvalue weighted by molar-refractivity contribution is 0.0814. The van der Waals surface area contributed by atoms with Gasteiger partial charge in [-0.05, 0) is 12.1 Å². The Kier molecular flexibility index (Phi) is 2.96. The predicted molar refractivity (Wildman–Crippen MR) is 63.8 cm³/mol. The summed E-state index contributed by atoms with van der Waals surface area (Å²) >= 11 is 0. The summed E-state index contributed by atoms with van der Waals surface area (Å²) in [6.07, 6.45) is 1.40. The molecular weight excluding hydrogens is 216 g/mol. The Bertz CT molecular complexity index is 565. The van der Waals surface area contributed by atoms with Crippen LogP contribution in [0.3, 0.4) is 0 Å². The quantitative estimate of drug-likeness (QED) is 0.639. The molecule has 4 nitrogen and oxygen atoms in total. The number of aromatic nitrogens is 1. The lowest BCUT2D eigenvalue weighted by atomic mass is 10.1. The maximum absolute atomic E-state index is 11.8. The highest BCUT2D eigenvalue weighted by molar-refractivity contribution is 6.48. The van der Waals surface area contributed by atoms with Crippen LogP contribution in [0, 0.1) is 0 Å². The fourth-order valence-corrected chi connectivity index (χ4v) is 1.41. The highest BCUT2D eigenvalue weighted by Crippen LogP contribution is 2.08. The molecule has 2 aromatic rings. The number of anilines is 1. The molecule has 17 heavy (non-hydrogen) atoms. The van der Waals surface area contributed by atoms with Crippen molar-refractivity contribution >= 4 is 17.3 Å². The van der Waals surface area contributed by atoms with Gasteiger partial charge in [-0.25, -0.2) is 0 Å². The van der Waals surface area contributed by atoms with E-state index in [1.54, 1.807) is 36.4 Å². The molecule has 1 heterocycles. The third-order valence-electron chi connectivity index (χ3n) is 2.26. The van der Waals surface area contributed by atoms with Gasteiger partial charge in [-0.1, -0.05) is 30.3 Å². The predicted octanol–water partition coefficient (Wildman–Crippen LogP) is 1.73. The number of carbonyl (C=O) groups excluding carboxylic acids is 2. The Labute approximate surface area is 98.1 Å². The van der Waals surface area contributed by atoms with E-state index in [4.69, 9.17) is 5.73 Å². The smallest absolute Gasteiger partial charge is 0.251 e. The SMILES string of the molecule is Nc1ccnc(C(=O)C(=O)c2ccccc2)c1. The molecule has 0 fully saturated rings. The van der Waals surface area contributed by atoms with Crippen molar-refractivity contribution in [2.75, 3.05) is 5.73 Å². The van der Waals surface area contributed by atoms with E-state index in [0.717, 1.165) is 0 Å². The number of rotatable bonds is 3. The molecule has 2 rings (SSSR count). The molecule has 0 aliphatic carbocycles. The van der Waals surface area contributed by atoms with E-state index >= 15 is 0 Å². The number of hydrogen-bond donors (Lipinski definition) is 1. The van der Waals surface area contributed by atoms with Crippen molar-refractivity contribution in [2.24, 2.45) is 0 Å². The molecule has 0 bridgehead atoms. The van der Waals surface area contributed by atoms with E-state index in [9.17, 15) is 9.59 Å². The maximum atomic E-state index is 11.8. The highest BCUT2D eigenvalue weighted by Gasteiger charge is 2.19. The first-order valence-electron chi connectivity index (χ1n) is 5.04. The van der Waals surface area contributed by atoms with Gasteiger partial charge in [-0.3, -0.25) is 14.6 Å². The van der Waals surface area contributed by atoms with E-state index in [0.29, 0.717) is 11.3 Å². The van der Waals surface area contributed by atoms with E-state index in [1.807, 2.05) is 0 Å². The molecule has 2 N–H and O–H groups in total. The van der Waals surface area contributed by atoms with Crippen molar-refractivity contribution in [2.45, 2.75) is 0 Å². The molecule has 0 saturated carbocycles. The molecule has 0 spiro atoms. The minimum atomic E-state index is -0.650. The second-order valence-corrected chi connectivity index (χ2v) is 3.50. The van der Waals surface area contributed by atoms with Crippen LogP contribution in [-0.2, 0) is 0 Å². The number of nitrogens with zero attached hydrogens (tertiary/aromatic N) is 1. The zero-order valence-corrected chi connectivity index (χ0v) is 8.96. The molecule has 0 aliphatic rings. The third kappa shape index (κ3) is 2.36. The number of Topliss-reactive ketones (excluding diaryl/α,β-unsaturated/α-hetero) is 2. The van der Waals surface area contributed by atoms with Crippen molar-refractivity contribution < 1.29 is 9.59 Å². The van der Waals surface area contributed by atoms with Crippen LogP contribution in [0.2, 0.25) is 0 Å². The number of nitrogens with two attached hydrogens (primary N) is 1. The van der Waals surface area contributed by atoms with Gasteiger partial charge in [-0.15, -0.1) is 0 Å². The second-order valence-electron chi connectivity index (χ2n) is 3.50. The van der Waals surface area contributed by atoms with Crippen LogP contribution in [-0.4, -0.2) is 16.6 Å². The summed E-state index contributed by atoms with van der Waals surface area (Å²) in [5.74, 6) is -1.23. The fraction of sp³-hybridized carbons (Fsp3) is 0. The molecule has 4 heteroatoms. The number of pyridine rings is 1. The molecule has 0 atom stereocenters. The molecule has 1 aromatic carbocycles. The van der Waals surface area contributed by atoms with Gasteiger partial charge >= 0.3 is 0 Å². The molecule has 0 amide bonds. The summed E-state index contributed by atoms with van der Waals surface area (Å²) in [5.41, 5.74) is 6.36. The molecular formula is C13H10N2O2. The summed E-state index contributed by atoms with van der Waals surface area (Å²) in [7, 11) is 0. The lowest BCUT2D eigenvalue weighted by Crippen LogP contribution is -2.16. The monoisotopic (exact) mass is 226 g/mol. The van der Waals surface area contributed by atoms with Gasteiger partial charge in [0.25, 0.3) is 5.78 Å². The van der Waals surface area contributed by atoms with Crippen molar-refractivity contribution in [3.05, 3.63) is 59.9 Å². The Morgan fingerprint density at radius 3 is 2.35 bits per heavy atom. The number of ketones is 2. The molecule has 1 aromatic heterocycles. The lowest BCUT2D eigenvalue weighted by Gasteiger charge is -2.00. The van der Waals surface area contributed by atoms with E-state index < -0.39 is 11.6 Å². The van der Waals surface area contributed by atoms with Gasteiger partial charge in [-0.2, -0.15) is 0 Å². The molecule has 0 unspecified atom stereocenters. The Balaban J connectivity index is 2.30. The average molecular weight is 226 g/mol. The van der Waals surface area contributed by atoms with Gasteiger partial charge in [0.15, 0.2) is 0 Å². The van der Waals surface area contributed by atoms with Crippen LogP contribution < -0.4 is 5.73 Å². The Morgan fingerprint density at radius 2 is 1.71 bits per heavy atom. The van der Waals surface area contributed by atoms with Crippen LogP contribution in [0.15, 0.2) is 48.7 Å². The number of hydrogen-bond acceptors (Lipinski definition) is 4. The molecule has 0 saturated heterocycles. The van der Waals surface area contributed by atoms with Crippen molar-refractivity contribution in [1.29, 1.82) is 0 Å². The second kappa shape index (κ2) is 4.57. The summed E-state index contributed by atoms with van der Waals surface area (Å²) in [6.45, 7) is 0. The van der Waals surface area contributed by atoms with Gasteiger partial charge < -0.3 is 5.73 Å².